The average Bonchev–Trinajstić information content (AvgIpc) is 2.43. The van der Waals surface area contributed by atoms with Gasteiger partial charge in [-0.05, 0) is 39.0 Å². The number of piperidine rings is 1. The SMILES string of the molecule is CCCCCCCCC(C)OC(=O)OC1CCCC[N]1. The van der Waals surface area contributed by atoms with Crippen molar-refractivity contribution in [2.75, 3.05) is 6.54 Å². The molecule has 20 heavy (non-hydrogen) atoms. The maximum absolute atomic E-state index is 11.6. The van der Waals surface area contributed by atoms with Crippen LogP contribution in [0.4, 0.5) is 4.79 Å². The van der Waals surface area contributed by atoms with Gasteiger partial charge >= 0.3 is 6.16 Å². The molecule has 0 saturated carbocycles. The lowest BCUT2D eigenvalue weighted by Crippen LogP contribution is -2.33. The summed E-state index contributed by atoms with van der Waals surface area (Å²) in [5, 5.41) is 4.26. The van der Waals surface area contributed by atoms with E-state index in [4.69, 9.17) is 9.47 Å². The third kappa shape index (κ3) is 8.41. The summed E-state index contributed by atoms with van der Waals surface area (Å²) in [6, 6.07) is 0. The van der Waals surface area contributed by atoms with Crippen molar-refractivity contribution in [3.63, 3.8) is 0 Å². The van der Waals surface area contributed by atoms with Crippen LogP contribution in [-0.2, 0) is 9.47 Å². The van der Waals surface area contributed by atoms with Gasteiger partial charge in [-0.15, -0.1) is 0 Å². The van der Waals surface area contributed by atoms with Gasteiger partial charge in [-0.3, -0.25) is 0 Å². The molecule has 0 N–H and O–H groups in total. The lowest BCUT2D eigenvalue weighted by molar-refractivity contribution is -0.0176. The number of hydrogen-bond acceptors (Lipinski definition) is 3. The molecule has 2 unspecified atom stereocenters. The highest BCUT2D eigenvalue weighted by molar-refractivity contribution is 5.60. The van der Waals surface area contributed by atoms with Crippen molar-refractivity contribution in [2.45, 2.75) is 90.4 Å². The van der Waals surface area contributed by atoms with Crippen LogP contribution in [0.5, 0.6) is 0 Å². The molecule has 4 heteroatoms. The Morgan fingerprint density at radius 1 is 1.20 bits per heavy atom. The van der Waals surface area contributed by atoms with Crippen molar-refractivity contribution in [3.8, 4) is 0 Å². The molecule has 1 aliphatic rings. The van der Waals surface area contributed by atoms with E-state index in [9.17, 15) is 4.79 Å². The van der Waals surface area contributed by atoms with Crippen LogP contribution < -0.4 is 5.32 Å². The van der Waals surface area contributed by atoms with Crippen molar-refractivity contribution in [1.29, 1.82) is 0 Å². The van der Waals surface area contributed by atoms with Gasteiger partial charge in [0.2, 0.25) is 0 Å². The van der Waals surface area contributed by atoms with Gasteiger partial charge in [0.05, 0.1) is 0 Å². The first kappa shape index (κ1) is 17.3. The molecule has 1 radical (unpaired) electrons. The first-order valence-electron chi connectivity index (χ1n) is 8.26. The second-order valence-corrected chi connectivity index (χ2v) is 5.71. The van der Waals surface area contributed by atoms with E-state index in [1.807, 2.05) is 6.92 Å². The van der Waals surface area contributed by atoms with E-state index in [-0.39, 0.29) is 12.3 Å². The Hall–Kier alpha value is -0.770. The molecule has 1 heterocycles. The number of unbranched alkanes of at least 4 members (excludes halogenated alkanes) is 5. The molecule has 4 nitrogen and oxygen atoms in total. The summed E-state index contributed by atoms with van der Waals surface area (Å²) in [6.45, 7) is 4.96. The standard InChI is InChI=1S/C16H30NO3/c1-3-4-5-6-7-8-11-14(2)19-16(18)20-15-12-9-10-13-17-15/h14-15H,3-13H2,1-2H3. The van der Waals surface area contributed by atoms with Crippen molar-refractivity contribution >= 4 is 6.16 Å². The maximum atomic E-state index is 11.6. The lowest BCUT2D eigenvalue weighted by atomic mass is 10.1. The smallest absolute Gasteiger partial charge is 0.431 e. The number of rotatable bonds is 9. The fourth-order valence-electron chi connectivity index (χ4n) is 2.43. The van der Waals surface area contributed by atoms with Crippen LogP contribution in [0.3, 0.4) is 0 Å². The molecule has 1 rings (SSSR count). The van der Waals surface area contributed by atoms with Crippen molar-refractivity contribution in [2.24, 2.45) is 0 Å². The van der Waals surface area contributed by atoms with Gasteiger partial charge in [0.25, 0.3) is 0 Å². The Balaban J connectivity index is 1.99. The topological polar surface area (TPSA) is 49.6 Å². The van der Waals surface area contributed by atoms with Crippen LogP contribution in [0.1, 0.15) is 78.1 Å². The van der Waals surface area contributed by atoms with E-state index < -0.39 is 6.16 Å². The predicted octanol–water partition coefficient (Wildman–Crippen LogP) is 4.39. The minimum absolute atomic E-state index is 0.0581. The normalized spacial score (nSPS) is 20.4. The van der Waals surface area contributed by atoms with Crippen molar-refractivity contribution in [1.82, 2.24) is 5.32 Å². The van der Waals surface area contributed by atoms with E-state index in [0.717, 1.165) is 38.6 Å². The highest BCUT2D eigenvalue weighted by atomic mass is 16.7. The molecule has 0 spiro atoms. The molecule has 0 bridgehead atoms. The summed E-state index contributed by atoms with van der Waals surface area (Å²) in [6.07, 6.45) is 10.6. The first-order valence-corrected chi connectivity index (χ1v) is 8.26. The van der Waals surface area contributed by atoms with E-state index in [1.165, 1.54) is 32.1 Å². The van der Waals surface area contributed by atoms with E-state index >= 15 is 0 Å². The Kier molecular flexibility index (Phi) is 9.46. The highest BCUT2D eigenvalue weighted by Crippen LogP contribution is 2.13. The number of hydrogen-bond donors (Lipinski definition) is 0. The molecule has 0 aromatic rings. The van der Waals surface area contributed by atoms with Crippen LogP contribution >= 0.6 is 0 Å². The molecule has 0 aliphatic carbocycles. The summed E-state index contributed by atoms with van der Waals surface area (Å²) >= 11 is 0. The fraction of sp³-hybridized carbons (Fsp3) is 0.938. The van der Waals surface area contributed by atoms with Crippen LogP contribution in [0.2, 0.25) is 0 Å². The third-order valence-electron chi connectivity index (χ3n) is 3.69. The fourth-order valence-corrected chi connectivity index (χ4v) is 2.43. The average molecular weight is 284 g/mol. The lowest BCUT2D eigenvalue weighted by Gasteiger charge is -2.22. The van der Waals surface area contributed by atoms with Crippen LogP contribution in [0.25, 0.3) is 0 Å². The molecular formula is C16H30NO3. The Morgan fingerprint density at radius 3 is 2.65 bits per heavy atom. The molecule has 117 valence electrons. The zero-order chi connectivity index (χ0) is 14.6. The predicted molar refractivity (Wildman–Crippen MR) is 79.7 cm³/mol. The van der Waals surface area contributed by atoms with Gasteiger partial charge in [0.15, 0.2) is 6.23 Å². The highest BCUT2D eigenvalue weighted by Gasteiger charge is 2.20. The summed E-state index contributed by atoms with van der Waals surface area (Å²) in [4.78, 5) is 11.6. The van der Waals surface area contributed by atoms with Gasteiger partial charge in [0.1, 0.15) is 6.10 Å². The second-order valence-electron chi connectivity index (χ2n) is 5.71. The molecule has 0 aromatic carbocycles. The van der Waals surface area contributed by atoms with Crippen molar-refractivity contribution < 1.29 is 14.3 Å². The molecule has 0 amide bonds. The summed E-state index contributed by atoms with van der Waals surface area (Å²) < 4.78 is 10.5. The first-order chi connectivity index (χ1) is 9.72. The number of nitrogens with zero attached hydrogens (tertiary/aromatic N) is 1. The van der Waals surface area contributed by atoms with Crippen LogP contribution in [0.15, 0.2) is 0 Å². The van der Waals surface area contributed by atoms with Crippen molar-refractivity contribution in [3.05, 3.63) is 0 Å². The van der Waals surface area contributed by atoms with Gasteiger partial charge in [-0.25, -0.2) is 10.1 Å². The monoisotopic (exact) mass is 284 g/mol. The number of ether oxygens (including phenoxy) is 2. The molecule has 1 saturated heterocycles. The van der Waals surface area contributed by atoms with Crippen LogP contribution in [0, 0.1) is 0 Å². The summed E-state index contributed by atoms with van der Waals surface area (Å²) in [7, 11) is 0. The van der Waals surface area contributed by atoms with Crippen LogP contribution in [-0.4, -0.2) is 25.0 Å². The van der Waals surface area contributed by atoms with E-state index in [2.05, 4.69) is 12.2 Å². The molecule has 0 aromatic heterocycles. The van der Waals surface area contributed by atoms with Gasteiger partial charge in [0, 0.05) is 6.54 Å². The second kappa shape index (κ2) is 11.0. The van der Waals surface area contributed by atoms with E-state index in [1.54, 1.807) is 0 Å². The molecule has 2 atom stereocenters. The molecule has 1 aliphatic heterocycles. The quantitative estimate of drug-likeness (QED) is 0.466. The van der Waals surface area contributed by atoms with Gasteiger partial charge in [-0.2, -0.15) is 0 Å². The Labute approximate surface area is 123 Å². The minimum Gasteiger partial charge on any atom is -0.431 e. The van der Waals surface area contributed by atoms with Gasteiger partial charge in [-0.1, -0.05) is 39.0 Å². The maximum Gasteiger partial charge on any atom is 0.510 e. The molecule has 1 fully saturated rings. The number of carbonyl (C=O) groups excluding carboxylic acids is 1. The third-order valence-corrected chi connectivity index (χ3v) is 3.69. The Bertz CT molecular complexity index is 252. The number of carbonyl (C=O) groups is 1. The summed E-state index contributed by atoms with van der Waals surface area (Å²) in [5.41, 5.74) is 0. The molecular weight excluding hydrogens is 254 g/mol. The Morgan fingerprint density at radius 2 is 1.95 bits per heavy atom. The zero-order valence-electron chi connectivity index (χ0n) is 13.1. The minimum atomic E-state index is -0.556. The van der Waals surface area contributed by atoms with Gasteiger partial charge < -0.3 is 9.47 Å². The largest absolute Gasteiger partial charge is 0.510 e. The van der Waals surface area contributed by atoms with E-state index in [0.29, 0.717) is 0 Å². The summed E-state index contributed by atoms with van der Waals surface area (Å²) in [5.74, 6) is 0. The zero-order valence-corrected chi connectivity index (χ0v) is 13.1.